The van der Waals surface area contributed by atoms with E-state index in [1.807, 2.05) is 12.2 Å². The molecule has 0 aromatic rings. The van der Waals surface area contributed by atoms with Gasteiger partial charge in [-0.3, -0.25) is 0 Å². The quantitative estimate of drug-likeness (QED) is 0.429. The predicted octanol–water partition coefficient (Wildman–Crippen LogP) is 5.02. The van der Waals surface area contributed by atoms with Crippen molar-refractivity contribution in [2.45, 2.75) is 20.5 Å². The number of allylic oxidation sites excluding steroid dienone is 4. The molecule has 0 aromatic heterocycles. The van der Waals surface area contributed by atoms with E-state index in [2.05, 4.69) is 0 Å². The molecule has 1 saturated carbocycles. The number of hydrogen-bond donors (Lipinski definition) is 0. The highest BCUT2D eigenvalue weighted by atomic mass is 35.5. The maximum Gasteiger partial charge on any atom is 0.160 e. The second-order valence-corrected chi connectivity index (χ2v) is 7.94. The second-order valence-electron chi connectivity index (χ2n) is 4.53. The van der Waals surface area contributed by atoms with Crippen LogP contribution in [0.25, 0.3) is 0 Å². The molecule has 3 aliphatic rings. The van der Waals surface area contributed by atoms with Gasteiger partial charge in [0, 0.05) is 5.92 Å². The van der Waals surface area contributed by atoms with Crippen molar-refractivity contribution in [1.82, 2.24) is 0 Å². The Kier molecular flexibility index (Phi) is 2.46. The highest BCUT2D eigenvalue weighted by molar-refractivity contribution is 6.61. The minimum Gasteiger partial charge on any atom is -0.112 e. The van der Waals surface area contributed by atoms with E-state index in [9.17, 15) is 0 Å². The molecule has 16 heavy (non-hydrogen) atoms. The Morgan fingerprint density at radius 1 is 1.06 bits per heavy atom. The van der Waals surface area contributed by atoms with Crippen molar-refractivity contribution in [1.29, 1.82) is 0 Å². The molecule has 2 bridgehead atoms. The Hall–Kier alpha value is 1.22. The summed E-state index contributed by atoms with van der Waals surface area (Å²) in [4.78, 5) is -1.71. The lowest BCUT2D eigenvalue weighted by molar-refractivity contribution is 0.409. The topological polar surface area (TPSA) is 0 Å². The second kappa shape index (κ2) is 3.21. The normalized spacial score (nSPS) is 52.6. The minimum absolute atomic E-state index is 0.120. The summed E-state index contributed by atoms with van der Waals surface area (Å²) >= 11 is 38.0. The first kappa shape index (κ1) is 12.3. The number of alkyl halides is 4. The fourth-order valence-corrected chi connectivity index (χ4v) is 5.96. The maximum absolute atomic E-state index is 6.61. The third-order valence-corrected chi connectivity index (χ3v) is 7.44. The molecule has 0 amide bonds. The molecule has 88 valence electrons. The summed E-state index contributed by atoms with van der Waals surface area (Å²) in [5, 5.41) is 0.489. The van der Waals surface area contributed by atoms with Gasteiger partial charge < -0.3 is 0 Å². The number of fused-ring (bicyclic) bond motifs is 5. The Morgan fingerprint density at radius 3 is 2.25 bits per heavy atom. The smallest absolute Gasteiger partial charge is 0.112 e. The molecule has 0 aliphatic heterocycles. The molecule has 0 radical (unpaired) electrons. The van der Waals surface area contributed by atoms with Crippen molar-refractivity contribution in [3.8, 4) is 0 Å². The van der Waals surface area contributed by atoms with Gasteiger partial charge in [0.15, 0.2) is 4.33 Å². The van der Waals surface area contributed by atoms with Gasteiger partial charge in [-0.2, -0.15) is 0 Å². The van der Waals surface area contributed by atoms with Gasteiger partial charge in [0.05, 0.1) is 14.9 Å². The summed E-state index contributed by atoms with van der Waals surface area (Å²) in [5.74, 6) is -0.150. The molecule has 3 rings (SSSR count). The average molecular weight is 339 g/mol. The Balaban J connectivity index is 2.27. The van der Waals surface area contributed by atoms with Gasteiger partial charge in [0.1, 0.15) is 4.87 Å². The van der Waals surface area contributed by atoms with Gasteiger partial charge in [-0.15, -0.1) is 23.2 Å². The van der Waals surface area contributed by atoms with Crippen LogP contribution in [0, 0.1) is 11.8 Å². The van der Waals surface area contributed by atoms with Crippen LogP contribution in [0.5, 0.6) is 0 Å². The number of hydrogen-bond acceptors (Lipinski definition) is 0. The zero-order valence-electron chi connectivity index (χ0n) is 7.78. The van der Waals surface area contributed by atoms with Crippen molar-refractivity contribution in [3.63, 3.8) is 0 Å². The average Bonchev–Trinajstić information content (AvgIpc) is 2.71. The molecule has 6 heteroatoms. The van der Waals surface area contributed by atoms with E-state index < -0.39 is 14.1 Å². The van der Waals surface area contributed by atoms with Crippen molar-refractivity contribution < 1.29 is 0 Å². The predicted molar refractivity (Wildman–Crippen MR) is 71.1 cm³/mol. The molecule has 0 heterocycles. The van der Waals surface area contributed by atoms with Gasteiger partial charge in [-0.25, -0.2) is 0 Å². The molecule has 0 aromatic carbocycles. The fraction of sp³-hybridized carbons (Fsp3) is 0.600. The lowest BCUT2D eigenvalue weighted by Crippen LogP contribution is -2.46. The third kappa shape index (κ3) is 1.09. The lowest BCUT2D eigenvalue weighted by atomic mass is 9.84. The van der Waals surface area contributed by atoms with Gasteiger partial charge in [-0.05, 0) is 12.3 Å². The highest BCUT2D eigenvalue weighted by Gasteiger charge is 2.75. The van der Waals surface area contributed by atoms with E-state index in [1.165, 1.54) is 0 Å². The molecule has 4 atom stereocenters. The van der Waals surface area contributed by atoms with Crippen LogP contribution in [0.3, 0.4) is 0 Å². The molecule has 0 saturated heterocycles. The first-order valence-electron chi connectivity index (χ1n) is 4.76. The molecule has 0 spiro atoms. The van der Waals surface area contributed by atoms with E-state index in [4.69, 9.17) is 69.6 Å². The molecular weight excluding hydrogens is 333 g/mol. The summed E-state index contributed by atoms with van der Waals surface area (Å²) in [5.41, 5.74) is 0. The van der Waals surface area contributed by atoms with Gasteiger partial charge >= 0.3 is 0 Å². The van der Waals surface area contributed by atoms with Gasteiger partial charge in [-0.1, -0.05) is 58.6 Å². The van der Waals surface area contributed by atoms with Crippen molar-refractivity contribution in [2.75, 3.05) is 0 Å². The van der Waals surface area contributed by atoms with Gasteiger partial charge in [0.2, 0.25) is 0 Å². The van der Waals surface area contributed by atoms with Crippen molar-refractivity contribution in [3.05, 3.63) is 22.2 Å². The SMILES string of the molecule is ClC1=C(Cl)C2(Cl)C(C3C=CC2(Cl)C3)C1(Cl)Cl. The van der Waals surface area contributed by atoms with E-state index in [0.29, 0.717) is 6.42 Å². The van der Waals surface area contributed by atoms with Crippen LogP contribution in [0.4, 0.5) is 0 Å². The largest absolute Gasteiger partial charge is 0.160 e. The van der Waals surface area contributed by atoms with Crippen molar-refractivity contribution in [2.24, 2.45) is 11.8 Å². The minimum atomic E-state index is -1.24. The molecule has 0 N–H and O–H groups in total. The van der Waals surface area contributed by atoms with E-state index in [-0.39, 0.29) is 21.9 Å². The number of halogens is 6. The van der Waals surface area contributed by atoms with Crippen LogP contribution in [-0.4, -0.2) is 14.1 Å². The molecule has 0 nitrogen and oxygen atoms in total. The van der Waals surface area contributed by atoms with Gasteiger partial charge in [0.25, 0.3) is 0 Å². The maximum atomic E-state index is 6.61. The molecule has 3 aliphatic carbocycles. The Morgan fingerprint density at radius 2 is 1.69 bits per heavy atom. The number of rotatable bonds is 0. The third-order valence-electron chi connectivity index (χ3n) is 3.80. The molecule has 4 unspecified atom stereocenters. The fourth-order valence-electron chi connectivity index (χ4n) is 3.09. The summed E-state index contributed by atoms with van der Waals surface area (Å²) in [7, 11) is 0. The Labute approximate surface area is 123 Å². The van der Waals surface area contributed by atoms with E-state index in [1.54, 1.807) is 0 Å². The van der Waals surface area contributed by atoms with Crippen LogP contribution in [0.1, 0.15) is 6.42 Å². The van der Waals surface area contributed by atoms with Crippen LogP contribution in [0.15, 0.2) is 22.2 Å². The first-order chi connectivity index (χ1) is 7.25. The zero-order chi connectivity index (χ0) is 11.9. The summed E-state index contributed by atoms with van der Waals surface area (Å²) in [6, 6.07) is 0. The molecular formula is C10H6Cl6. The van der Waals surface area contributed by atoms with Crippen molar-refractivity contribution >= 4 is 69.6 Å². The summed E-state index contributed by atoms with van der Waals surface area (Å²) < 4.78 is -1.24. The highest BCUT2D eigenvalue weighted by Crippen LogP contribution is 2.73. The van der Waals surface area contributed by atoms with Crippen LogP contribution in [-0.2, 0) is 0 Å². The Bertz CT molecular complexity index is 439. The van der Waals surface area contributed by atoms with E-state index >= 15 is 0 Å². The summed E-state index contributed by atoms with van der Waals surface area (Å²) in [6.45, 7) is 0. The lowest BCUT2D eigenvalue weighted by Gasteiger charge is -2.38. The summed E-state index contributed by atoms with van der Waals surface area (Å²) in [6.07, 6.45) is 4.58. The van der Waals surface area contributed by atoms with Crippen LogP contribution >= 0.6 is 69.6 Å². The van der Waals surface area contributed by atoms with Crippen LogP contribution in [0.2, 0.25) is 0 Å². The molecule has 1 fully saturated rings. The first-order valence-corrected chi connectivity index (χ1v) is 7.03. The monoisotopic (exact) mass is 336 g/mol. The van der Waals surface area contributed by atoms with Crippen LogP contribution < -0.4 is 0 Å². The van der Waals surface area contributed by atoms with E-state index in [0.717, 1.165) is 0 Å². The standard InChI is InChI=1S/C10H6Cl6/c11-6-7(12)10(15,16)5-4-1-2-8(13,3-4)9(5,6)14/h1-2,4-5H,3H2. The zero-order valence-corrected chi connectivity index (χ0v) is 12.3.